The van der Waals surface area contributed by atoms with E-state index in [0.29, 0.717) is 12.2 Å². The molecule has 15 heavy (non-hydrogen) atoms. The van der Waals surface area contributed by atoms with Crippen LogP contribution in [0.5, 0.6) is 0 Å². The quantitative estimate of drug-likeness (QED) is 0.769. The predicted molar refractivity (Wildman–Crippen MR) is 60.0 cm³/mol. The molecule has 1 heterocycles. The summed E-state index contributed by atoms with van der Waals surface area (Å²) in [4.78, 5) is 0. The van der Waals surface area contributed by atoms with Gasteiger partial charge in [-0.3, -0.25) is 0 Å². The van der Waals surface area contributed by atoms with Gasteiger partial charge >= 0.3 is 0 Å². The van der Waals surface area contributed by atoms with Crippen molar-refractivity contribution >= 4 is 0 Å². The van der Waals surface area contributed by atoms with Gasteiger partial charge in [0, 0.05) is 13.7 Å². The number of rotatable bonds is 4. The highest BCUT2D eigenvalue weighted by molar-refractivity contribution is 4.75. The molecule has 2 fully saturated rings. The third-order valence-corrected chi connectivity index (χ3v) is 3.64. The molecule has 3 atom stereocenters. The first-order valence-corrected chi connectivity index (χ1v) is 6.23. The Hall–Kier alpha value is -0.120. The molecule has 0 aromatic rings. The van der Waals surface area contributed by atoms with Crippen LogP contribution in [0.3, 0.4) is 0 Å². The van der Waals surface area contributed by atoms with Gasteiger partial charge < -0.3 is 14.8 Å². The molecule has 1 aliphatic carbocycles. The van der Waals surface area contributed by atoms with Crippen molar-refractivity contribution in [2.75, 3.05) is 26.8 Å². The molecule has 0 spiro atoms. The Balaban J connectivity index is 1.65. The molecule has 2 aliphatic rings. The van der Waals surface area contributed by atoms with E-state index in [4.69, 9.17) is 9.47 Å². The molecule has 0 aromatic heterocycles. The molecule has 1 saturated heterocycles. The summed E-state index contributed by atoms with van der Waals surface area (Å²) in [6.45, 7) is 3.24. The smallest absolute Gasteiger partial charge is 0.0600 e. The van der Waals surface area contributed by atoms with Gasteiger partial charge in [-0.15, -0.1) is 0 Å². The third-order valence-electron chi connectivity index (χ3n) is 3.64. The highest BCUT2D eigenvalue weighted by atomic mass is 16.5. The second-order valence-electron chi connectivity index (χ2n) is 4.84. The monoisotopic (exact) mass is 213 g/mol. The van der Waals surface area contributed by atoms with E-state index in [2.05, 4.69) is 5.32 Å². The topological polar surface area (TPSA) is 30.5 Å². The van der Waals surface area contributed by atoms with Crippen LogP contribution in [0.25, 0.3) is 0 Å². The highest BCUT2D eigenvalue weighted by Gasteiger charge is 2.23. The van der Waals surface area contributed by atoms with Crippen molar-refractivity contribution < 1.29 is 9.47 Å². The molecule has 0 aromatic carbocycles. The molecule has 3 unspecified atom stereocenters. The Bertz CT molecular complexity index is 180. The standard InChI is InChI=1S/C12H23NO2/c1-14-11-3-2-4-12(7-11)15-9-10-5-6-13-8-10/h10-13H,2-9H2,1H3. The molecule has 0 radical (unpaired) electrons. The van der Waals surface area contributed by atoms with Gasteiger partial charge in [0.25, 0.3) is 0 Å². The van der Waals surface area contributed by atoms with E-state index in [9.17, 15) is 0 Å². The maximum absolute atomic E-state index is 5.98. The Morgan fingerprint density at radius 3 is 2.80 bits per heavy atom. The van der Waals surface area contributed by atoms with Gasteiger partial charge in [-0.1, -0.05) is 0 Å². The van der Waals surface area contributed by atoms with E-state index in [1.807, 2.05) is 7.11 Å². The highest BCUT2D eigenvalue weighted by Crippen LogP contribution is 2.24. The third kappa shape index (κ3) is 3.44. The van der Waals surface area contributed by atoms with Gasteiger partial charge in [0.2, 0.25) is 0 Å². The maximum Gasteiger partial charge on any atom is 0.0600 e. The van der Waals surface area contributed by atoms with Crippen LogP contribution in [0, 0.1) is 5.92 Å². The molecule has 1 saturated carbocycles. The lowest BCUT2D eigenvalue weighted by atomic mass is 9.95. The molecular formula is C12H23NO2. The van der Waals surface area contributed by atoms with Crippen molar-refractivity contribution in [3.8, 4) is 0 Å². The van der Waals surface area contributed by atoms with Gasteiger partial charge in [-0.2, -0.15) is 0 Å². The van der Waals surface area contributed by atoms with Crippen molar-refractivity contribution in [2.45, 2.75) is 44.3 Å². The van der Waals surface area contributed by atoms with Gasteiger partial charge in [0.05, 0.1) is 18.8 Å². The van der Waals surface area contributed by atoms with Crippen LogP contribution in [-0.4, -0.2) is 39.0 Å². The van der Waals surface area contributed by atoms with Crippen LogP contribution < -0.4 is 5.32 Å². The average molecular weight is 213 g/mol. The number of ether oxygens (including phenoxy) is 2. The molecule has 2 rings (SSSR count). The van der Waals surface area contributed by atoms with E-state index >= 15 is 0 Å². The fourth-order valence-corrected chi connectivity index (χ4v) is 2.60. The Labute approximate surface area is 92.5 Å². The largest absolute Gasteiger partial charge is 0.381 e. The summed E-state index contributed by atoms with van der Waals surface area (Å²) in [6, 6.07) is 0. The first-order valence-electron chi connectivity index (χ1n) is 6.23. The first-order chi connectivity index (χ1) is 7.38. The lowest BCUT2D eigenvalue weighted by Gasteiger charge is -2.28. The van der Waals surface area contributed by atoms with Crippen LogP contribution in [0.1, 0.15) is 32.1 Å². The van der Waals surface area contributed by atoms with Crippen molar-refractivity contribution in [3.63, 3.8) is 0 Å². The minimum absolute atomic E-state index is 0.436. The Kier molecular flexibility index (Phi) is 4.42. The van der Waals surface area contributed by atoms with Crippen LogP contribution in [0.4, 0.5) is 0 Å². The second kappa shape index (κ2) is 5.83. The average Bonchev–Trinajstić information content (AvgIpc) is 2.79. The van der Waals surface area contributed by atoms with Crippen molar-refractivity contribution in [1.29, 1.82) is 0 Å². The SMILES string of the molecule is COC1CCCC(OCC2CCNC2)C1. The van der Waals surface area contributed by atoms with Gasteiger partial charge in [0.15, 0.2) is 0 Å². The number of hydrogen-bond donors (Lipinski definition) is 1. The Morgan fingerprint density at radius 2 is 2.07 bits per heavy atom. The van der Waals surface area contributed by atoms with Gasteiger partial charge in [0.1, 0.15) is 0 Å². The minimum Gasteiger partial charge on any atom is -0.381 e. The van der Waals surface area contributed by atoms with Crippen LogP contribution >= 0.6 is 0 Å². The summed E-state index contributed by atoms with van der Waals surface area (Å²) in [6.07, 6.45) is 6.94. The summed E-state index contributed by atoms with van der Waals surface area (Å²) in [5.74, 6) is 0.743. The van der Waals surface area contributed by atoms with Gasteiger partial charge in [-0.05, 0) is 44.6 Å². The molecule has 3 nitrogen and oxygen atoms in total. The molecule has 0 bridgehead atoms. The minimum atomic E-state index is 0.436. The fraction of sp³-hybridized carbons (Fsp3) is 1.00. The van der Waals surface area contributed by atoms with Crippen LogP contribution in [0.15, 0.2) is 0 Å². The molecule has 1 aliphatic heterocycles. The number of nitrogens with one attached hydrogen (secondary N) is 1. The molecule has 88 valence electrons. The van der Waals surface area contributed by atoms with E-state index in [1.165, 1.54) is 32.2 Å². The zero-order valence-electron chi connectivity index (χ0n) is 9.71. The Morgan fingerprint density at radius 1 is 1.20 bits per heavy atom. The summed E-state index contributed by atoms with van der Waals surface area (Å²) >= 11 is 0. The van der Waals surface area contributed by atoms with Crippen LogP contribution in [0.2, 0.25) is 0 Å². The normalized spacial score (nSPS) is 37.0. The first kappa shape index (κ1) is 11.4. The zero-order valence-corrected chi connectivity index (χ0v) is 9.71. The van der Waals surface area contributed by atoms with Gasteiger partial charge in [-0.25, -0.2) is 0 Å². The lowest BCUT2D eigenvalue weighted by Crippen LogP contribution is -2.29. The summed E-state index contributed by atoms with van der Waals surface area (Å²) in [5.41, 5.74) is 0. The van der Waals surface area contributed by atoms with Crippen molar-refractivity contribution in [1.82, 2.24) is 5.32 Å². The number of methoxy groups -OCH3 is 1. The molecule has 3 heteroatoms. The summed E-state index contributed by atoms with van der Waals surface area (Å²) < 4.78 is 11.4. The van der Waals surface area contributed by atoms with E-state index in [-0.39, 0.29) is 0 Å². The molecular weight excluding hydrogens is 190 g/mol. The number of hydrogen-bond acceptors (Lipinski definition) is 3. The van der Waals surface area contributed by atoms with Crippen LogP contribution in [-0.2, 0) is 9.47 Å². The lowest BCUT2D eigenvalue weighted by molar-refractivity contribution is -0.0382. The molecule has 1 N–H and O–H groups in total. The van der Waals surface area contributed by atoms with E-state index in [1.54, 1.807) is 0 Å². The van der Waals surface area contributed by atoms with E-state index in [0.717, 1.165) is 25.5 Å². The van der Waals surface area contributed by atoms with E-state index < -0.39 is 0 Å². The maximum atomic E-state index is 5.98. The van der Waals surface area contributed by atoms with Crippen molar-refractivity contribution in [2.24, 2.45) is 5.92 Å². The second-order valence-corrected chi connectivity index (χ2v) is 4.84. The summed E-state index contributed by atoms with van der Waals surface area (Å²) in [7, 11) is 1.81. The molecule has 0 amide bonds. The fourth-order valence-electron chi connectivity index (χ4n) is 2.60. The van der Waals surface area contributed by atoms with Crippen molar-refractivity contribution in [3.05, 3.63) is 0 Å². The predicted octanol–water partition coefficient (Wildman–Crippen LogP) is 1.57. The summed E-state index contributed by atoms with van der Waals surface area (Å²) in [5, 5.41) is 3.38. The zero-order chi connectivity index (χ0) is 10.5.